The van der Waals surface area contributed by atoms with E-state index in [2.05, 4.69) is 35.0 Å². The normalized spacial score (nSPS) is 21.8. The van der Waals surface area contributed by atoms with Crippen molar-refractivity contribution in [1.82, 2.24) is 4.98 Å². The van der Waals surface area contributed by atoms with Gasteiger partial charge in [-0.25, -0.2) is 4.98 Å². The second-order valence-corrected chi connectivity index (χ2v) is 5.24. The van der Waals surface area contributed by atoms with Crippen molar-refractivity contribution in [2.45, 2.75) is 19.1 Å². The van der Waals surface area contributed by atoms with Crippen LogP contribution in [0.2, 0.25) is 0 Å². The lowest BCUT2D eigenvalue weighted by atomic mass is 10.1. The Kier molecular flexibility index (Phi) is 3.85. The Morgan fingerprint density at radius 2 is 2.00 bits per heavy atom. The van der Waals surface area contributed by atoms with E-state index < -0.39 is 0 Å². The predicted molar refractivity (Wildman–Crippen MR) is 80.9 cm³/mol. The van der Waals surface area contributed by atoms with E-state index >= 15 is 0 Å². The maximum Gasteiger partial charge on any atom is 0.146 e. The fourth-order valence-electron chi connectivity index (χ4n) is 2.71. The van der Waals surface area contributed by atoms with Crippen LogP contribution in [0.4, 0.5) is 5.82 Å². The molecule has 21 heavy (non-hydrogen) atoms. The van der Waals surface area contributed by atoms with Crippen LogP contribution in [0.25, 0.3) is 0 Å². The maximum absolute atomic E-state index is 9.25. The molecule has 1 fully saturated rings. The first-order chi connectivity index (χ1) is 10.3. The van der Waals surface area contributed by atoms with E-state index in [1.807, 2.05) is 18.2 Å². The molecule has 1 aromatic carbocycles. The van der Waals surface area contributed by atoms with Gasteiger partial charge in [0.15, 0.2) is 0 Å². The van der Waals surface area contributed by atoms with E-state index in [1.54, 1.807) is 18.3 Å². The average molecular weight is 279 g/mol. The molecule has 0 spiro atoms. The lowest BCUT2D eigenvalue weighted by molar-refractivity contribution is -0.0176. The smallest absolute Gasteiger partial charge is 0.146 e. The highest BCUT2D eigenvalue weighted by Gasteiger charge is 2.28. The third-order valence-corrected chi connectivity index (χ3v) is 3.64. The van der Waals surface area contributed by atoms with E-state index in [-0.39, 0.29) is 12.2 Å². The van der Waals surface area contributed by atoms with Crippen molar-refractivity contribution in [1.29, 1.82) is 5.26 Å². The first kappa shape index (κ1) is 13.6. The minimum absolute atomic E-state index is 0.00324. The third-order valence-electron chi connectivity index (χ3n) is 3.64. The summed E-state index contributed by atoms with van der Waals surface area (Å²) in [5.74, 6) is 0.746. The molecule has 1 aliphatic rings. The van der Waals surface area contributed by atoms with Gasteiger partial charge in [0.05, 0.1) is 11.7 Å². The quantitative estimate of drug-likeness (QED) is 0.848. The molecule has 0 N–H and O–H groups in total. The van der Waals surface area contributed by atoms with Gasteiger partial charge in [0.2, 0.25) is 0 Å². The SMILES string of the molecule is CC1CN(c2ncccc2C#N)CC(c2ccccc2)O1. The number of aromatic nitrogens is 1. The van der Waals surface area contributed by atoms with Gasteiger partial charge in [-0.2, -0.15) is 5.26 Å². The van der Waals surface area contributed by atoms with Crippen LogP contribution < -0.4 is 4.90 Å². The van der Waals surface area contributed by atoms with Crippen molar-refractivity contribution >= 4 is 5.82 Å². The first-order valence-electron chi connectivity index (χ1n) is 7.08. The van der Waals surface area contributed by atoms with Crippen molar-refractivity contribution < 1.29 is 4.74 Å². The zero-order valence-electron chi connectivity index (χ0n) is 11.9. The zero-order chi connectivity index (χ0) is 14.7. The van der Waals surface area contributed by atoms with Crippen LogP contribution in [0.3, 0.4) is 0 Å². The van der Waals surface area contributed by atoms with E-state index in [9.17, 15) is 5.26 Å². The maximum atomic E-state index is 9.25. The van der Waals surface area contributed by atoms with Gasteiger partial charge in [0.1, 0.15) is 18.0 Å². The number of nitrogens with zero attached hydrogens (tertiary/aromatic N) is 3. The van der Waals surface area contributed by atoms with Gasteiger partial charge in [-0.15, -0.1) is 0 Å². The molecule has 0 aliphatic carbocycles. The zero-order valence-corrected chi connectivity index (χ0v) is 11.9. The molecule has 3 rings (SSSR count). The summed E-state index contributed by atoms with van der Waals surface area (Å²) in [5, 5.41) is 9.25. The molecule has 0 saturated carbocycles. The van der Waals surface area contributed by atoms with E-state index in [0.717, 1.165) is 17.9 Å². The Balaban J connectivity index is 1.89. The van der Waals surface area contributed by atoms with Gasteiger partial charge in [-0.05, 0) is 24.6 Å². The van der Waals surface area contributed by atoms with Crippen LogP contribution in [-0.4, -0.2) is 24.2 Å². The van der Waals surface area contributed by atoms with Crippen molar-refractivity contribution in [3.63, 3.8) is 0 Å². The topological polar surface area (TPSA) is 49.2 Å². The van der Waals surface area contributed by atoms with Gasteiger partial charge < -0.3 is 9.64 Å². The molecule has 0 amide bonds. The summed E-state index contributed by atoms with van der Waals surface area (Å²) < 4.78 is 6.05. The average Bonchev–Trinajstić information content (AvgIpc) is 2.55. The summed E-state index contributed by atoms with van der Waals surface area (Å²) in [7, 11) is 0. The number of rotatable bonds is 2. The van der Waals surface area contributed by atoms with E-state index in [1.165, 1.54) is 0 Å². The number of hydrogen-bond donors (Lipinski definition) is 0. The molecule has 0 radical (unpaired) electrons. The Labute approximate surface area is 124 Å². The van der Waals surface area contributed by atoms with Crippen LogP contribution in [0.1, 0.15) is 24.2 Å². The molecular formula is C17H17N3O. The molecule has 2 atom stereocenters. The second kappa shape index (κ2) is 5.94. The molecule has 106 valence electrons. The number of pyridine rings is 1. The molecule has 0 bridgehead atoms. The summed E-state index contributed by atoms with van der Waals surface area (Å²) in [6.45, 7) is 3.51. The molecule has 2 heterocycles. The molecule has 1 aliphatic heterocycles. The molecule has 1 aromatic heterocycles. The van der Waals surface area contributed by atoms with Crippen LogP contribution in [0.5, 0.6) is 0 Å². The monoisotopic (exact) mass is 279 g/mol. The summed E-state index contributed by atoms with van der Waals surface area (Å²) in [6.07, 6.45) is 1.83. The van der Waals surface area contributed by atoms with Crippen molar-refractivity contribution in [2.75, 3.05) is 18.0 Å². The minimum atomic E-state index is 0.00324. The molecule has 1 saturated heterocycles. The lowest BCUT2D eigenvalue weighted by Crippen LogP contribution is -2.43. The Hall–Kier alpha value is -2.38. The van der Waals surface area contributed by atoms with E-state index in [0.29, 0.717) is 12.1 Å². The lowest BCUT2D eigenvalue weighted by Gasteiger charge is -2.38. The Morgan fingerprint density at radius 1 is 1.19 bits per heavy atom. The van der Waals surface area contributed by atoms with Gasteiger partial charge >= 0.3 is 0 Å². The standard InChI is InChI=1S/C17H17N3O/c1-13-11-20(17-15(10-18)8-5-9-19-17)12-16(21-13)14-6-3-2-4-7-14/h2-9,13,16H,11-12H2,1H3. The number of benzene rings is 1. The largest absolute Gasteiger partial charge is 0.367 e. The van der Waals surface area contributed by atoms with E-state index in [4.69, 9.17) is 4.74 Å². The van der Waals surface area contributed by atoms with Crippen molar-refractivity contribution in [2.24, 2.45) is 0 Å². The Bertz CT molecular complexity index is 651. The molecule has 4 heteroatoms. The van der Waals surface area contributed by atoms with Crippen molar-refractivity contribution in [3.8, 4) is 6.07 Å². The number of nitriles is 1. The van der Waals surface area contributed by atoms with Crippen molar-refractivity contribution in [3.05, 3.63) is 59.8 Å². The van der Waals surface area contributed by atoms with Crippen LogP contribution in [-0.2, 0) is 4.74 Å². The van der Waals surface area contributed by atoms with Gasteiger partial charge in [-0.3, -0.25) is 0 Å². The molecule has 2 unspecified atom stereocenters. The first-order valence-corrected chi connectivity index (χ1v) is 7.08. The van der Waals surface area contributed by atoms with Gasteiger partial charge in [-0.1, -0.05) is 30.3 Å². The Morgan fingerprint density at radius 3 is 2.76 bits per heavy atom. The summed E-state index contributed by atoms with van der Waals surface area (Å²) in [6, 6.07) is 16.0. The van der Waals surface area contributed by atoms with Crippen LogP contribution in [0, 0.1) is 11.3 Å². The summed E-state index contributed by atoms with van der Waals surface area (Å²) in [4.78, 5) is 6.53. The highest BCUT2D eigenvalue weighted by molar-refractivity contribution is 5.54. The van der Waals surface area contributed by atoms with Crippen LogP contribution >= 0.6 is 0 Å². The number of ether oxygens (including phenoxy) is 1. The minimum Gasteiger partial charge on any atom is -0.367 e. The number of morpholine rings is 1. The second-order valence-electron chi connectivity index (χ2n) is 5.24. The van der Waals surface area contributed by atoms with Gasteiger partial charge in [0, 0.05) is 19.3 Å². The molecular weight excluding hydrogens is 262 g/mol. The molecule has 4 nitrogen and oxygen atoms in total. The van der Waals surface area contributed by atoms with Gasteiger partial charge in [0.25, 0.3) is 0 Å². The van der Waals surface area contributed by atoms with Crippen LogP contribution in [0.15, 0.2) is 48.7 Å². The number of hydrogen-bond acceptors (Lipinski definition) is 4. The highest BCUT2D eigenvalue weighted by atomic mass is 16.5. The molecule has 2 aromatic rings. The predicted octanol–water partition coefficient (Wildman–Crippen LogP) is 2.92. The summed E-state index contributed by atoms with van der Waals surface area (Å²) in [5.41, 5.74) is 1.77. The summed E-state index contributed by atoms with van der Waals surface area (Å²) >= 11 is 0. The third kappa shape index (κ3) is 2.88. The number of anilines is 1. The fourth-order valence-corrected chi connectivity index (χ4v) is 2.71. The highest BCUT2D eigenvalue weighted by Crippen LogP contribution is 2.28. The fraction of sp³-hybridized carbons (Fsp3) is 0.294.